The molecule has 7 nitrogen and oxygen atoms in total. The summed E-state index contributed by atoms with van der Waals surface area (Å²) in [5.41, 5.74) is 15.8. The molecule has 2 aliphatic rings. The summed E-state index contributed by atoms with van der Waals surface area (Å²) >= 11 is 0. The van der Waals surface area contributed by atoms with E-state index in [-0.39, 0.29) is 34.9 Å². The molecule has 1 unspecified atom stereocenters. The molecule has 1 aliphatic heterocycles. The summed E-state index contributed by atoms with van der Waals surface area (Å²) in [6, 6.07) is 6.46. The van der Waals surface area contributed by atoms with Gasteiger partial charge < -0.3 is 9.84 Å². The van der Waals surface area contributed by atoms with Crippen molar-refractivity contribution in [2.45, 2.75) is 52.6 Å². The lowest BCUT2D eigenvalue weighted by molar-refractivity contribution is -0.120. The largest absolute Gasteiger partial charge is 0.508 e. The number of Topliss-reactive ketones (excluding diaryl/α,β-unsaturated/α-hetero) is 1. The Hall–Kier alpha value is -4.05. The van der Waals surface area contributed by atoms with E-state index in [1.807, 2.05) is 13.0 Å². The summed E-state index contributed by atoms with van der Waals surface area (Å²) in [7, 11) is 0. The molecule has 1 aliphatic carbocycles. The Balaban J connectivity index is 2.03. The second-order valence-corrected chi connectivity index (χ2v) is 8.47. The Labute approximate surface area is 198 Å². The lowest BCUT2D eigenvalue weighted by Gasteiger charge is -2.28. The number of fused-ring (bicyclic) bond motifs is 1. The van der Waals surface area contributed by atoms with Gasteiger partial charge in [-0.05, 0) is 80.5 Å². The highest BCUT2D eigenvalue weighted by Crippen LogP contribution is 2.39. The molecule has 0 radical (unpaired) electrons. The average molecular weight is 458 g/mol. The zero-order valence-corrected chi connectivity index (χ0v) is 19.5. The Kier molecular flexibility index (Phi) is 8.10. The number of hydrogen-bond donors (Lipinski definition) is 1. The molecule has 0 saturated carbocycles. The van der Waals surface area contributed by atoms with E-state index in [1.165, 1.54) is 29.9 Å². The summed E-state index contributed by atoms with van der Waals surface area (Å²) in [4.78, 5) is 28.3. The summed E-state index contributed by atoms with van der Waals surface area (Å²) < 4.78 is 6.27. The summed E-state index contributed by atoms with van der Waals surface area (Å²) in [6.07, 6.45) is 8.75. The number of carbonyl (C=O) groups excluding carboxylic acids is 2. The first kappa shape index (κ1) is 24.6. The summed E-state index contributed by atoms with van der Waals surface area (Å²) in [5.74, 6) is -0.530. The second-order valence-electron chi connectivity index (χ2n) is 8.47. The smallest absolute Gasteiger partial charge is 0.249 e. The minimum atomic E-state index is -0.747. The van der Waals surface area contributed by atoms with Crippen molar-refractivity contribution in [2.24, 2.45) is 5.11 Å². The number of allylic oxidation sites excluding steroid dienone is 6. The van der Waals surface area contributed by atoms with E-state index in [0.29, 0.717) is 12.0 Å². The number of phenols is 1. The van der Waals surface area contributed by atoms with Crippen LogP contribution in [0.5, 0.6) is 5.75 Å². The maximum absolute atomic E-state index is 13.0. The fraction of sp³-hybridized carbons (Fsp3) is 0.296. The van der Waals surface area contributed by atoms with Gasteiger partial charge in [0.1, 0.15) is 23.2 Å². The standard InChI is InChI=1S/C27H27N3O4/c1-17(2)6-4-7-18(3)10-15-21-22(27(33)29-30-28)8-5-9-23-24(32)16-25(34-26(21)23)19-11-13-20(31)14-12-19/h5-6,8,10-14,25,31H,4,7,15-16H2,1-3H3/b18-10+. The molecule has 1 atom stereocenters. The van der Waals surface area contributed by atoms with Crippen molar-refractivity contribution < 1.29 is 19.4 Å². The van der Waals surface area contributed by atoms with E-state index in [2.05, 4.69) is 35.7 Å². The average Bonchev–Trinajstić information content (AvgIpc) is 2.98. The first-order chi connectivity index (χ1) is 16.3. The molecule has 1 saturated heterocycles. The number of aromatic hydroxyl groups is 1. The van der Waals surface area contributed by atoms with Crippen LogP contribution in [0.2, 0.25) is 0 Å². The molecule has 1 aromatic carbocycles. The van der Waals surface area contributed by atoms with Gasteiger partial charge in [-0.2, -0.15) is 0 Å². The highest BCUT2D eigenvalue weighted by molar-refractivity contribution is 6.04. The van der Waals surface area contributed by atoms with Crippen LogP contribution in [0.15, 0.2) is 93.0 Å². The number of rotatable bonds is 7. The molecular formula is C27H27N3O4. The van der Waals surface area contributed by atoms with Crippen LogP contribution >= 0.6 is 0 Å². The molecule has 0 spiro atoms. The highest BCUT2D eigenvalue weighted by Gasteiger charge is 2.34. The van der Waals surface area contributed by atoms with Crippen LogP contribution in [0.4, 0.5) is 0 Å². The first-order valence-electron chi connectivity index (χ1n) is 11.1. The van der Waals surface area contributed by atoms with Crippen LogP contribution in [-0.2, 0) is 14.3 Å². The monoisotopic (exact) mass is 457 g/mol. The fourth-order valence-corrected chi connectivity index (χ4v) is 3.78. The Morgan fingerprint density at radius 3 is 2.68 bits per heavy atom. The molecule has 0 bridgehead atoms. The van der Waals surface area contributed by atoms with Crippen molar-refractivity contribution in [1.82, 2.24) is 0 Å². The number of amides is 1. The van der Waals surface area contributed by atoms with Gasteiger partial charge >= 0.3 is 0 Å². The van der Waals surface area contributed by atoms with Crippen molar-refractivity contribution in [2.75, 3.05) is 0 Å². The van der Waals surface area contributed by atoms with E-state index in [0.717, 1.165) is 24.0 Å². The van der Waals surface area contributed by atoms with Gasteiger partial charge in [-0.15, -0.1) is 5.73 Å². The normalized spacial score (nSPS) is 17.6. The predicted molar refractivity (Wildman–Crippen MR) is 129 cm³/mol. The minimum Gasteiger partial charge on any atom is -0.508 e. The maximum Gasteiger partial charge on any atom is 0.249 e. The molecule has 1 heterocycles. The third-order valence-electron chi connectivity index (χ3n) is 5.59. The van der Waals surface area contributed by atoms with E-state index in [4.69, 9.17) is 10.3 Å². The van der Waals surface area contributed by atoms with Crippen LogP contribution in [0.3, 0.4) is 0 Å². The number of carbonyl (C=O) groups is 2. The molecule has 1 fully saturated rings. The Morgan fingerprint density at radius 1 is 1.26 bits per heavy atom. The van der Waals surface area contributed by atoms with Crippen molar-refractivity contribution in [3.05, 3.63) is 104 Å². The summed E-state index contributed by atoms with van der Waals surface area (Å²) in [6.45, 7) is 6.12. The van der Waals surface area contributed by atoms with Gasteiger partial charge in [-0.3, -0.25) is 9.59 Å². The van der Waals surface area contributed by atoms with Crippen molar-refractivity contribution >= 4 is 11.7 Å². The van der Waals surface area contributed by atoms with E-state index < -0.39 is 12.0 Å². The van der Waals surface area contributed by atoms with Crippen LogP contribution in [0, 0.1) is 0 Å². The number of ketones is 1. The molecule has 1 aromatic rings. The number of azide groups is 1. The quantitative estimate of drug-likeness (QED) is 0.163. The molecule has 0 aromatic heterocycles. The number of ether oxygens (including phenoxy) is 1. The van der Waals surface area contributed by atoms with Crippen LogP contribution < -0.4 is 0 Å². The molecule has 3 rings (SSSR count). The Bertz CT molecular complexity index is 1230. The SMILES string of the molecule is CC(C)=CCC/C(C)=C/CC1=C2OC(c3ccc(O)cc3)CC(=O)C2=C=CC=C1C(=O)N=[N+]=[N-]. The van der Waals surface area contributed by atoms with E-state index in [1.54, 1.807) is 12.1 Å². The van der Waals surface area contributed by atoms with Crippen LogP contribution in [0.25, 0.3) is 10.4 Å². The van der Waals surface area contributed by atoms with Crippen LogP contribution in [-0.4, -0.2) is 16.8 Å². The lowest BCUT2D eigenvalue weighted by Crippen LogP contribution is -2.22. The van der Waals surface area contributed by atoms with Crippen LogP contribution in [0.1, 0.15) is 58.1 Å². The molecule has 1 amide bonds. The van der Waals surface area contributed by atoms with Gasteiger partial charge in [-0.25, -0.2) is 0 Å². The third-order valence-corrected chi connectivity index (χ3v) is 5.59. The molecule has 174 valence electrons. The van der Waals surface area contributed by atoms with Crippen molar-refractivity contribution in [1.29, 1.82) is 0 Å². The number of hydrogen-bond acceptors (Lipinski definition) is 4. The van der Waals surface area contributed by atoms with Gasteiger partial charge in [0, 0.05) is 16.1 Å². The first-order valence-corrected chi connectivity index (χ1v) is 11.1. The van der Waals surface area contributed by atoms with Gasteiger partial charge in [-0.1, -0.05) is 35.4 Å². The third kappa shape index (κ3) is 6.04. The number of phenolic OH excluding ortho intramolecular Hbond substituents is 1. The van der Waals surface area contributed by atoms with Gasteiger partial charge in [0.25, 0.3) is 0 Å². The topological polar surface area (TPSA) is 112 Å². The zero-order chi connectivity index (χ0) is 24.7. The lowest BCUT2D eigenvalue weighted by atomic mass is 9.91. The molecule has 34 heavy (non-hydrogen) atoms. The highest BCUT2D eigenvalue weighted by atomic mass is 16.5. The van der Waals surface area contributed by atoms with E-state index >= 15 is 0 Å². The van der Waals surface area contributed by atoms with Gasteiger partial charge in [0.05, 0.1) is 6.42 Å². The number of nitrogens with zero attached hydrogens (tertiary/aromatic N) is 3. The van der Waals surface area contributed by atoms with Crippen molar-refractivity contribution in [3.8, 4) is 5.75 Å². The molecular weight excluding hydrogens is 430 g/mol. The van der Waals surface area contributed by atoms with Gasteiger partial charge in [0.15, 0.2) is 5.78 Å². The maximum atomic E-state index is 13.0. The minimum absolute atomic E-state index is 0.106. The predicted octanol–water partition coefficient (Wildman–Crippen LogP) is 6.62. The fourth-order valence-electron chi connectivity index (χ4n) is 3.78. The molecule has 7 heteroatoms. The second kappa shape index (κ2) is 11.2. The molecule has 1 N–H and O–H groups in total. The van der Waals surface area contributed by atoms with E-state index in [9.17, 15) is 14.7 Å². The summed E-state index contributed by atoms with van der Waals surface area (Å²) in [5, 5.41) is 12.9. The van der Waals surface area contributed by atoms with Crippen molar-refractivity contribution in [3.63, 3.8) is 0 Å². The van der Waals surface area contributed by atoms with Gasteiger partial charge in [0.2, 0.25) is 5.91 Å². The Morgan fingerprint density at radius 2 is 2.00 bits per heavy atom. The number of benzene rings is 1. The zero-order valence-electron chi connectivity index (χ0n) is 19.5.